The predicted octanol–water partition coefficient (Wildman–Crippen LogP) is 5.97. The fourth-order valence-electron chi connectivity index (χ4n) is 4.09. The normalized spacial score (nSPS) is 19.3. The fourth-order valence-corrected chi connectivity index (χ4v) is 5.28. The number of aryl methyl sites for hydroxylation is 1. The molecule has 6 nitrogen and oxygen atoms in total. The summed E-state index contributed by atoms with van der Waals surface area (Å²) in [6.07, 6.45) is 0.499. The van der Waals surface area contributed by atoms with Crippen LogP contribution in [-0.4, -0.2) is 33.0 Å². The molecule has 0 spiro atoms. The standard InChI is InChI=1S/C27H22ClFN4O2S/c1-16-6-8-18(9-7-16)23-14-22(17-10-12-19(28)13-11-17)32-33(23)27-31-26(35)24(36-27)15-25(34)30-21-5-3-2-4-20(21)29/h2-13,23-24H,14-15H2,1H3,(H,30,34)/t23-,24-/m1/s1. The van der Waals surface area contributed by atoms with Gasteiger partial charge in [-0.15, -0.1) is 0 Å². The van der Waals surface area contributed by atoms with Gasteiger partial charge in [0.2, 0.25) is 5.91 Å². The molecule has 0 fully saturated rings. The summed E-state index contributed by atoms with van der Waals surface area (Å²) in [6, 6.07) is 21.4. The first-order valence-electron chi connectivity index (χ1n) is 11.4. The Kier molecular flexibility index (Phi) is 6.89. The van der Waals surface area contributed by atoms with E-state index in [0.717, 1.165) is 22.4 Å². The summed E-state index contributed by atoms with van der Waals surface area (Å²) in [5, 5.41) is 9.51. The second kappa shape index (κ2) is 10.2. The van der Waals surface area contributed by atoms with Crippen LogP contribution in [0.3, 0.4) is 0 Å². The van der Waals surface area contributed by atoms with Crippen LogP contribution >= 0.6 is 23.4 Å². The van der Waals surface area contributed by atoms with Crippen molar-refractivity contribution in [2.24, 2.45) is 10.1 Å². The second-order valence-corrected chi connectivity index (χ2v) is 10.2. The number of para-hydroxylation sites is 1. The van der Waals surface area contributed by atoms with Crippen molar-refractivity contribution < 1.29 is 14.0 Å². The van der Waals surface area contributed by atoms with Crippen molar-refractivity contribution in [3.05, 3.63) is 100 Å². The SMILES string of the molecule is Cc1ccc([C@H]2CC(c3ccc(Cl)cc3)=NN2C2=NC(=O)[C@@H](CC(=O)Nc3ccccc3F)S2)cc1. The molecular formula is C27H22ClFN4O2S. The van der Waals surface area contributed by atoms with E-state index in [2.05, 4.69) is 22.4 Å². The number of nitrogens with one attached hydrogen (secondary N) is 1. The fraction of sp³-hybridized carbons (Fsp3) is 0.185. The van der Waals surface area contributed by atoms with Gasteiger partial charge in [0.25, 0.3) is 5.91 Å². The van der Waals surface area contributed by atoms with Gasteiger partial charge in [0.15, 0.2) is 5.17 Å². The topological polar surface area (TPSA) is 74.1 Å². The maximum atomic E-state index is 13.9. The number of carbonyl (C=O) groups is 2. The number of aliphatic imine (C=N–C) groups is 1. The zero-order chi connectivity index (χ0) is 25.2. The van der Waals surface area contributed by atoms with E-state index in [1.54, 1.807) is 17.1 Å². The Morgan fingerprint density at radius 1 is 1.11 bits per heavy atom. The number of amides is 2. The van der Waals surface area contributed by atoms with Gasteiger partial charge in [-0.05, 0) is 42.3 Å². The van der Waals surface area contributed by atoms with Crippen molar-refractivity contribution in [2.45, 2.75) is 31.1 Å². The van der Waals surface area contributed by atoms with Gasteiger partial charge in [-0.25, -0.2) is 9.40 Å². The molecule has 2 heterocycles. The van der Waals surface area contributed by atoms with E-state index in [-0.39, 0.29) is 18.2 Å². The molecule has 0 aromatic heterocycles. The molecule has 0 saturated heterocycles. The summed E-state index contributed by atoms with van der Waals surface area (Å²) in [7, 11) is 0. The Bertz CT molecular complexity index is 1380. The molecule has 0 radical (unpaired) electrons. The van der Waals surface area contributed by atoms with Crippen molar-refractivity contribution in [2.75, 3.05) is 5.32 Å². The molecule has 0 bridgehead atoms. The second-order valence-electron chi connectivity index (χ2n) is 8.60. The maximum Gasteiger partial charge on any atom is 0.262 e. The van der Waals surface area contributed by atoms with Gasteiger partial charge in [0.05, 0.1) is 17.4 Å². The molecule has 3 aromatic carbocycles. The van der Waals surface area contributed by atoms with Gasteiger partial charge in [-0.2, -0.15) is 10.1 Å². The molecule has 1 N–H and O–H groups in total. The number of nitrogens with zero attached hydrogens (tertiary/aromatic N) is 3. The monoisotopic (exact) mass is 520 g/mol. The van der Waals surface area contributed by atoms with Gasteiger partial charge in [-0.1, -0.05) is 77.5 Å². The first kappa shape index (κ1) is 24.2. The van der Waals surface area contributed by atoms with Gasteiger partial charge in [0, 0.05) is 17.9 Å². The van der Waals surface area contributed by atoms with Crippen LogP contribution < -0.4 is 5.32 Å². The molecule has 0 saturated carbocycles. The maximum absolute atomic E-state index is 13.9. The van der Waals surface area contributed by atoms with Gasteiger partial charge in [0.1, 0.15) is 11.1 Å². The molecule has 3 aromatic rings. The number of benzene rings is 3. The van der Waals surface area contributed by atoms with E-state index in [4.69, 9.17) is 16.7 Å². The molecule has 36 heavy (non-hydrogen) atoms. The third-order valence-corrected chi connectivity index (χ3v) is 7.39. The molecule has 9 heteroatoms. The average molecular weight is 521 g/mol. The number of anilines is 1. The van der Waals surface area contributed by atoms with E-state index < -0.39 is 22.9 Å². The van der Waals surface area contributed by atoms with Crippen LogP contribution in [0.4, 0.5) is 10.1 Å². The van der Waals surface area contributed by atoms with Crippen molar-refractivity contribution >= 4 is 51.7 Å². The highest BCUT2D eigenvalue weighted by molar-refractivity contribution is 8.15. The molecule has 2 amide bonds. The minimum absolute atomic E-state index is 0.0790. The minimum Gasteiger partial charge on any atom is -0.324 e. The summed E-state index contributed by atoms with van der Waals surface area (Å²) in [5.74, 6) is -1.39. The number of amidine groups is 1. The molecule has 0 unspecified atom stereocenters. The number of hydrogen-bond donors (Lipinski definition) is 1. The minimum atomic E-state index is -0.708. The van der Waals surface area contributed by atoms with Crippen LogP contribution in [-0.2, 0) is 9.59 Å². The van der Waals surface area contributed by atoms with Gasteiger partial charge < -0.3 is 5.32 Å². The summed E-state index contributed by atoms with van der Waals surface area (Å²) in [6.45, 7) is 2.03. The highest BCUT2D eigenvalue weighted by Crippen LogP contribution is 2.38. The third-order valence-electron chi connectivity index (χ3n) is 5.99. The van der Waals surface area contributed by atoms with Crippen LogP contribution in [0.15, 0.2) is 82.9 Å². The molecule has 5 rings (SSSR count). The zero-order valence-electron chi connectivity index (χ0n) is 19.3. The highest BCUT2D eigenvalue weighted by Gasteiger charge is 2.39. The van der Waals surface area contributed by atoms with Crippen molar-refractivity contribution in [3.8, 4) is 0 Å². The van der Waals surface area contributed by atoms with E-state index in [1.807, 2.05) is 43.3 Å². The molecule has 2 atom stereocenters. The quantitative estimate of drug-likeness (QED) is 0.450. The van der Waals surface area contributed by atoms with E-state index in [9.17, 15) is 14.0 Å². The lowest BCUT2D eigenvalue weighted by atomic mass is 9.98. The Hall–Kier alpha value is -3.49. The van der Waals surface area contributed by atoms with Crippen molar-refractivity contribution in [3.63, 3.8) is 0 Å². The number of thioether (sulfide) groups is 1. The Morgan fingerprint density at radius 2 is 1.83 bits per heavy atom. The van der Waals surface area contributed by atoms with E-state index >= 15 is 0 Å². The number of carbonyl (C=O) groups excluding carboxylic acids is 2. The van der Waals surface area contributed by atoms with Crippen LogP contribution in [0, 0.1) is 12.7 Å². The number of rotatable bonds is 5. The molecule has 182 valence electrons. The Balaban J connectivity index is 1.36. The van der Waals surface area contributed by atoms with Crippen LogP contribution in [0.25, 0.3) is 0 Å². The van der Waals surface area contributed by atoms with Crippen LogP contribution in [0.1, 0.15) is 35.6 Å². The summed E-state index contributed by atoms with van der Waals surface area (Å²) >= 11 is 7.26. The Labute approximate surface area is 217 Å². The molecular weight excluding hydrogens is 499 g/mol. The lowest BCUT2D eigenvalue weighted by molar-refractivity contribution is -0.121. The number of halogens is 2. The molecule has 0 aliphatic carbocycles. The van der Waals surface area contributed by atoms with Crippen molar-refractivity contribution in [1.29, 1.82) is 0 Å². The molecule has 2 aliphatic heterocycles. The van der Waals surface area contributed by atoms with Crippen molar-refractivity contribution in [1.82, 2.24) is 5.01 Å². The zero-order valence-corrected chi connectivity index (χ0v) is 20.9. The lowest BCUT2D eigenvalue weighted by Crippen LogP contribution is -2.25. The highest BCUT2D eigenvalue weighted by atomic mass is 35.5. The van der Waals surface area contributed by atoms with Crippen LogP contribution in [0.2, 0.25) is 5.02 Å². The van der Waals surface area contributed by atoms with Gasteiger partial charge in [-0.3, -0.25) is 9.59 Å². The average Bonchev–Trinajstić information content (AvgIpc) is 3.45. The third kappa shape index (κ3) is 5.20. The first-order chi connectivity index (χ1) is 17.4. The summed E-state index contributed by atoms with van der Waals surface area (Å²) in [4.78, 5) is 29.5. The number of hydrazone groups is 1. The predicted molar refractivity (Wildman–Crippen MR) is 142 cm³/mol. The smallest absolute Gasteiger partial charge is 0.262 e. The summed E-state index contributed by atoms with van der Waals surface area (Å²) < 4.78 is 13.9. The van der Waals surface area contributed by atoms with Crippen LogP contribution in [0.5, 0.6) is 0 Å². The summed E-state index contributed by atoms with van der Waals surface area (Å²) in [5.41, 5.74) is 4.06. The number of hydrogen-bond acceptors (Lipinski definition) is 5. The van der Waals surface area contributed by atoms with E-state index in [1.165, 1.54) is 23.9 Å². The lowest BCUT2D eigenvalue weighted by Gasteiger charge is -2.23. The molecule has 2 aliphatic rings. The van der Waals surface area contributed by atoms with Gasteiger partial charge >= 0.3 is 0 Å². The first-order valence-corrected chi connectivity index (χ1v) is 12.7. The largest absolute Gasteiger partial charge is 0.324 e. The van der Waals surface area contributed by atoms with E-state index in [0.29, 0.717) is 16.6 Å². The Morgan fingerprint density at radius 3 is 2.56 bits per heavy atom.